The van der Waals surface area contributed by atoms with Crippen LogP contribution in [0.4, 0.5) is 0 Å². The maximum atomic E-state index is 13.6. The Morgan fingerprint density at radius 2 is 1.82 bits per heavy atom. The molecule has 1 aliphatic rings. The van der Waals surface area contributed by atoms with Crippen molar-refractivity contribution in [2.75, 3.05) is 26.8 Å². The van der Waals surface area contributed by atoms with Gasteiger partial charge in [0.2, 0.25) is 10.0 Å². The van der Waals surface area contributed by atoms with E-state index in [1.54, 1.807) is 41.7 Å². The summed E-state index contributed by atoms with van der Waals surface area (Å²) in [7, 11) is -1.94. The lowest BCUT2D eigenvalue weighted by atomic mass is 9.97. The van der Waals surface area contributed by atoms with Gasteiger partial charge < -0.3 is 9.84 Å². The van der Waals surface area contributed by atoms with E-state index >= 15 is 0 Å². The Hall–Kier alpha value is -1.89. The lowest BCUT2D eigenvalue weighted by Gasteiger charge is -2.32. The van der Waals surface area contributed by atoms with E-state index in [2.05, 4.69) is 0 Å². The zero-order chi connectivity index (χ0) is 20.3. The molecule has 0 aliphatic carbocycles. The van der Waals surface area contributed by atoms with Gasteiger partial charge in [-0.2, -0.15) is 4.31 Å². The molecule has 0 saturated carbocycles. The van der Waals surface area contributed by atoms with E-state index in [1.807, 2.05) is 19.9 Å². The fourth-order valence-corrected chi connectivity index (χ4v) is 5.61. The van der Waals surface area contributed by atoms with Gasteiger partial charge in [-0.1, -0.05) is 12.1 Å². The number of sulfonamides is 1. The molecule has 1 unspecified atom stereocenters. The highest BCUT2D eigenvalue weighted by Gasteiger charge is 2.32. The molecular formula is C22H29NO4S. The molecule has 2 aromatic rings. The number of benzene rings is 2. The molecule has 1 N–H and O–H groups in total. The van der Waals surface area contributed by atoms with Gasteiger partial charge in [0.25, 0.3) is 0 Å². The Kier molecular flexibility index (Phi) is 6.43. The summed E-state index contributed by atoms with van der Waals surface area (Å²) in [6.45, 7) is 5.66. The van der Waals surface area contributed by atoms with Crippen molar-refractivity contribution in [1.29, 1.82) is 0 Å². The van der Waals surface area contributed by atoms with Gasteiger partial charge in [-0.25, -0.2) is 8.42 Å². The number of ether oxygens (including phenoxy) is 1. The first-order valence-corrected chi connectivity index (χ1v) is 11.2. The van der Waals surface area contributed by atoms with E-state index in [1.165, 1.54) is 0 Å². The molecule has 0 bridgehead atoms. The molecule has 0 radical (unpaired) electrons. The van der Waals surface area contributed by atoms with Gasteiger partial charge in [-0.15, -0.1) is 0 Å². The second kappa shape index (κ2) is 8.64. The van der Waals surface area contributed by atoms with Crippen molar-refractivity contribution in [2.24, 2.45) is 5.92 Å². The molecule has 0 amide bonds. The number of hydrogen-bond acceptors (Lipinski definition) is 4. The smallest absolute Gasteiger partial charge is 0.243 e. The normalized spacial score (nSPS) is 18.3. The van der Waals surface area contributed by atoms with Crippen LogP contribution in [0.2, 0.25) is 0 Å². The van der Waals surface area contributed by atoms with Gasteiger partial charge in [0.05, 0.1) is 4.90 Å². The van der Waals surface area contributed by atoms with Crippen LogP contribution >= 0.6 is 0 Å². The molecule has 28 heavy (non-hydrogen) atoms. The number of phenolic OH excluding ortho intramolecular Hbond substituents is 1. The van der Waals surface area contributed by atoms with E-state index in [0.717, 1.165) is 36.0 Å². The van der Waals surface area contributed by atoms with Crippen molar-refractivity contribution >= 4 is 10.0 Å². The zero-order valence-electron chi connectivity index (χ0n) is 16.8. The Labute approximate surface area is 168 Å². The van der Waals surface area contributed by atoms with Crippen LogP contribution < -0.4 is 0 Å². The highest BCUT2D eigenvalue weighted by molar-refractivity contribution is 7.89. The average molecular weight is 404 g/mol. The van der Waals surface area contributed by atoms with Crippen LogP contribution in [-0.4, -0.2) is 44.6 Å². The summed E-state index contributed by atoms with van der Waals surface area (Å²) in [6, 6.07) is 10.4. The van der Waals surface area contributed by atoms with Crippen molar-refractivity contribution in [3.63, 3.8) is 0 Å². The van der Waals surface area contributed by atoms with Crippen molar-refractivity contribution in [3.05, 3.63) is 47.5 Å². The van der Waals surface area contributed by atoms with Crippen molar-refractivity contribution in [3.8, 4) is 16.9 Å². The van der Waals surface area contributed by atoms with Gasteiger partial charge in [0.1, 0.15) is 5.75 Å². The van der Waals surface area contributed by atoms with Crippen LogP contribution in [0, 0.1) is 19.8 Å². The van der Waals surface area contributed by atoms with Crippen molar-refractivity contribution in [2.45, 2.75) is 38.0 Å². The SMILES string of the molecule is COCCC1CCCN(S(=O)(=O)c2cc(C)c(C)cc2-c2ccc(O)cc2)C1. The maximum Gasteiger partial charge on any atom is 0.243 e. The molecule has 5 nitrogen and oxygen atoms in total. The van der Waals surface area contributed by atoms with Crippen LogP contribution in [0.1, 0.15) is 30.4 Å². The number of rotatable bonds is 6. The predicted molar refractivity (Wildman–Crippen MR) is 111 cm³/mol. The molecule has 0 aromatic heterocycles. The van der Waals surface area contributed by atoms with Gasteiger partial charge >= 0.3 is 0 Å². The molecule has 3 rings (SSSR count). The fourth-order valence-electron chi connectivity index (χ4n) is 3.77. The van der Waals surface area contributed by atoms with Crippen molar-refractivity contribution in [1.82, 2.24) is 4.31 Å². The molecule has 1 fully saturated rings. The third kappa shape index (κ3) is 4.40. The van der Waals surface area contributed by atoms with E-state index in [9.17, 15) is 13.5 Å². The topological polar surface area (TPSA) is 66.8 Å². The first kappa shape index (κ1) is 20.8. The summed E-state index contributed by atoms with van der Waals surface area (Å²) in [5, 5.41) is 9.60. The second-order valence-electron chi connectivity index (χ2n) is 7.63. The summed E-state index contributed by atoms with van der Waals surface area (Å²) in [5.41, 5.74) is 3.46. The molecular weight excluding hydrogens is 374 g/mol. The maximum absolute atomic E-state index is 13.6. The molecule has 1 atom stereocenters. The van der Waals surface area contributed by atoms with Crippen LogP contribution in [0.3, 0.4) is 0 Å². The lowest BCUT2D eigenvalue weighted by molar-refractivity contribution is 0.156. The van der Waals surface area contributed by atoms with Crippen molar-refractivity contribution < 1.29 is 18.3 Å². The molecule has 2 aromatic carbocycles. The van der Waals surface area contributed by atoms with E-state index in [-0.39, 0.29) is 5.75 Å². The quantitative estimate of drug-likeness (QED) is 0.788. The lowest BCUT2D eigenvalue weighted by Crippen LogP contribution is -2.40. The molecule has 1 aliphatic heterocycles. The summed E-state index contributed by atoms with van der Waals surface area (Å²) >= 11 is 0. The minimum Gasteiger partial charge on any atom is -0.508 e. The third-order valence-corrected chi connectivity index (χ3v) is 7.51. The number of piperidine rings is 1. The fraction of sp³-hybridized carbons (Fsp3) is 0.455. The van der Waals surface area contributed by atoms with Gasteiger partial charge in [-0.3, -0.25) is 0 Å². The number of aromatic hydroxyl groups is 1. The van der Waals surface area contributed by atoms with E-state index in [0.29, 0.717) is 36.1 Å². The van der Waals surface area contributed by atoms with Crippen LogP contribution in [0.25, 0.3) is 11.1 Å². The Morgan fingerprint density at radius 3 is 2.50 bits per heavy atom. The largest absolute Gasteiger partial charge is 0.508 e. The number of hydrogen-bond donors (Lipinski definition) is 1. The molecule has 6 heteroatoms. The predicted octanol–water partition coefficient (Wildman–Crippen LogP) is 4.11. The van der Waals surface area contributed by atoms with Gasteiger partial charge in [0, 0.05) is 32.4 Å². The minimum absolute atomic E-state index is 0.161. The molecule has 152 valence electrons. The van der Waals surface area contributed by atoms with Crippen LogP contribution in [0.15, 0.2) is 41.3 Å². The number of methoxy groups -OCH3 is 1. The standard InChI is InChI=1S/C22H29NO4S/c1-16-13-21(19-6-8-20(24)9-7-19)22(14-17(16)2)28(25,26)23-11-4-5-18(15-23)10-12-27-3/h6-9,13-14,18,24H,4-5,10-12,15H2,1-3H3. The summed E-state index contributed by atoms with van der Waals surface area (Å²) in [5.74, 6) is 0.487. The van der Waals surface area contributed by atoms with Crippen LogP contribution in [0.5, 0.6) is 5.75 Å². The Bertz CT molecular complexity index is 922. The number of phenols is 1. The Morgan fingerprint density at radius 1 is 1.14 bits per heavy atom. The number of aryl methyl sites for hydroxylation is 2. The third-order valence-electron chi connectivity index (χ3n) is 5.60. The molecule has 0 spiro atoms. The van der Waals surface area contributed by atoms with E-state index < -0.39 is 10.0 Å². The second-order valence-corrected chi connectivity index (χ2v) is 9.54. The summed E-state index contributed by atoms with van der Waals surface area (Å²) < 4.78 is 34.0. The first-order chi connectivity index (χ1) is 13.3. The zero-order valence-corrected chi connectivity index (χ0v) is 17.6. The van der Waals surface area contributed by atoms with Gasteiger partial charge in [0.15, 0.2) is 0 Å². The summed E-state index contributed by atoms with van der Waals surface area (Å²) in [6.07, 6.45) is 2.78. The first-order valence-electron chi connectivity index (χ1n) is 9.72. The van der Waals surface area contributed by atoms with E-state index in [4.69, 9.17) is 4.74 Å². The Balaban J connectivity index is 2.01. The summed E-state index contributed by atoms with van der Waals surface area (Å²) in [4.78, 5) is 0.341. The molecule has 1 saturated heterocycles. The highest BCUT2D eigenvalue weighted by Crippen LogP contribution is 2.34. The number of nitrogens with zero attached hydrogens (tertiary/aromatic N) is 1. The van der Waals surface area contributed by atoms with Gasteiger partial charge in [-0.05, 0) is 80.0 Å². The monoisotopic (exact) mass is 403 g/mol. The molecule has 1 heterocycles. The minimum atomic E-state index is -3.62. The highest BCUT2D eigenvalue weighted by atomic mass is 32.2. The van der Waals surface area contributed by atoms with Crippen LogP contribution in [-0.2, 0) is 14.8 Å². The average Bonchev–Trinajstić information content (AvgIpc) is 2.69.